The number of benzene rings is 3. The van der Waals surface area contributed by atoms with E-state index in [1.165, 1.54) is 18.2 Å². The first-order chi connectivity index (χ1) is 17.8. The Bertz CT molecular complexity index is 1390. The second kappa shape index (κ2) is 10.6. The highest BCUT2D eigenvalue weighted by Crippen LogP contribution is 2.35. The molecule has 1 amide bonds. The number of imidazole rings is 1. The fourth-order valence-electron chi connectivity index (χ4n) is 4.82. The van der Waals surface area contributed by atoms with Crippen molar-refractivity contribution < 1.29 is 18.0 Å². The molecule has 0 radical (unpaired) electrons. The maximum atomic E-state index is 13.3. The smallest absolute Gasteiger partial charge is 0.325 e. The van der Waals surface area contributed by atoms with Gasteiger partial charge in [-0.3, -0.25) is 9.69 Å². The van der Waals surface area contributed by atoms with Crippen LogP contribution in [0, 0.1) is 5.92 Å². The lowest BCUT2D eigenvalue weighted by atomic mass is 9.95. The van der Waals surface area contributed by atoms with Crippen LogP contribution in [0.2, 0.25) is 5.02 Å². The second-order valence-corrected chi connectivity index (χ2v) is 9.75. The van der Waals surface area contributed by atoms with E-state index in [9.17, 15) is 18.0 Å². The Morgan fingerprint density at radius 1 is 0.946 bits per heavy atom. The molecule has 3 aromatic carbocycles. The van der Waals surface area contributed by atoms with E-state index in [0.717, 1.165) is 28.5 Å². The maximum absolute atomic E-state index is 13.3. The molecule has 1 aliphatic rings. The number of alkyl halides is 3. The number of likely N-dealkylation sites (tertiary alicyclic amines) is 1. The van der Waals surface area contributed by atoms with Gasteiger partial charge >= 0.3 is 6.18 Å². The van der Waals surface area contributed by atoms with Gasteiger partial charge < -0.3 is 9.88 Å². The summed E-state index contributed by atoms with van der Waals surface area (Å²) in [6, 6.07) is 20.8. The number of aromatic nitrogens is 2. The number of carbonyl (C=O) groups is 1. The summed E-state index contributed by atoms with van der Waals surface area (Å²) in [4.78, 5) is 19.9. The Balaban J connectivity index is 1.26. The third-order valence-electron chi connectivity index (χ3n) is 6.80. The number of fused-ring (bicyclic) bond motifs is 1. The number of amides is 1. The third kappa shape index (κ3) is 5.81. The molecule has 1 N–H and O–H groups in total. The van der Waals surface area contributed by atoms with Crippen molar-refractivity contribution in [3.05, 3.63) is 94.8 Å². The fraction of sp³-hybridized carbons (Fsp3) is 0.286. The van der Waals surface area contributed by atoms with Gasteiger partial charge in [-0.1, -0.05) is 48.0 Å². The molecular weight excluding hydrogens is 501 g/mol. The van der Waals surface area contributed by atoms with Crippen LogP contribution in [0.15, 0.2) is 72.8 Å². The van der Waals surface area contributed by atoms with Crippen molar-refractivity contribution in [2.45, 2.75) is 32.1 Å². The number of halogens is 4. The minimum Gasteiger partial charge on any atom is -0.325 e. The molecule has 5 rings (SSSR count). The molecule has 0 saturated carbocycles. The first-order valence-electron chi connectivity index (χ1n) is 12.2. The fourth-order valence-corrected chi connectivity index (χ4v) is 4.95. The van der Waals surface area contributed by atoms with Crippen molar-refractivity contribution in [2.24, 2.45) is 5.92 Å². The third-order valence-corrected chi connectivity index (χ3v) is 7.05. The molecule has 1 fully saturated rings. The van der Waals surface area contributed by atoms with E-state index >= 15 is 0 Å². The van der Waals surface area contributed by atoms with Gasteiger partial charge in [0.15, 0.2) is 0 Å². The van der Waals surface area contributed by atoms with Crippen molar-refractivity contribution in [1.82, 2.24) is 14.5 Å². The second-order valence-electron chi connectivity index (χ2n) is 9.31. The Morgan fingerprint density at radius 3 is 2.35 bits per heavy atom. The van der Waals surface area contributed by atoms with E-state index in [2.05, 4.69) is 20.9 Å². The van der Waals surface area contributed by atoms with Crippen molar-refractivity contribution in [3.8, 4) is 0 Å². The maximum Gasteiger partial charge on any atom is 0.418 e. The van der Waals surface area contributed by atoms with Crippen LogP contribution < -0.4 is 5.32 Å². The molecule has 2 heterocycles. The van der Waals surface area contributed by atoms with Crippen LogP contribution in [0.5, 0.6) is 0 Å². The van der Waals surface area contributed by atoms with Gasteiger partial charge in [-0.15, -0.1) is 0 Å². The molecule has 0 unspecified atom stereocenters. The largest absolute Gasteiger partial charge is 0.418 e. The van der Waals surface area contributed by atoms with Gasteiger partial charge in [0, 0.05) is 17.5 Å². The first kappa shape index (κ1) is 25.3. The first-order valence-corrected chi connectivity index (χ1v) is 12.5. The lowest BCUT2D eigenvalue weighted by Crippen LogP contribution is -2.38. The lowest BCUT2D eigenvalue weighted by molar-refractivity contribution is -0.137. The Kier molecular flexibility index (Phi) is 7.22. The predicted octanol–water partition coefficient (Wildman–Crippen LogP) is 6.61. The number of piperidine rings is 1. The minimum atomic E-state index is -4.52. The van der Waals surface area contributed by atoms with Crippen LogP contribution >= 0.6 is 11.6 Å². The number of hydrogen-bond donors (Lipinski definition) is 1. The Labute approximate surface area is 217 Å². The number of carbonyl (C=O) groups excluding carboxylic acids is 1. The summed E-state index contributed by atoms with van der Waals surface area (Å²) in [6.07, 6.45) is -3.39. The zero-order valence-electron chi connectivity index (χ0n) is 20.0. The van der Waals surface area contributed by atoms with Gasteiger partial charge in [0.2, 0.25) is 5.91 Å². The molecule has 5 nitrogen and oxygen atoms in total. The Morgan fingerprint density at radius 2 is 1.62 bits per heavy atom. The standard InChI is InChI=1S/C28H26ClF3N4O/c29-21-11-9-19(10-12-21)17-36-25-8-4-3-7-24(25)33-26(36)18-35-15-13-20(14-16-35)27(37)34-23-6-2-1-5-22(23)28(30,31)32/h1-12,20H,13-18H2,(H,34,37). The molecular formula is C28H26ClF3N4O. The predicted molar refractivity (Wildman–Crippen MR) is 138 cm³/mol. The van der Waals surface area contributed by atoms with Gasteiger partial charge in [-0.05, 0) is 67.9 Å². The summed E-state index contributed by atoms with van der Waals surface area (Å²) >= 11 is 6.05. The summed E-state index contributed by atoms with van der Waals surface area (Å²) in [6.45, 7) is 2.59. The molecule has 192 valence electrons. The van der Waals surface area contributed by atoms with Crippen molar-refractivity contribution >= 4 is 34.2 Å². The molecule has 1 aliphatic heterocycles. The van der Waals surface area contributed by atoms with Gasteiger partial charge in [0.1, 0.15) is 5.82 Å². The molecule has 0 atom stereocenters. The van der Waals surface area contributed by atoms with E-state index < -0.39 is 11.7 Å². The average molecular weight is 527 g/mol. The molecule has 0 aliphatic carbocycles. The quantitative estimate of drug-likeness (QED) is 0.308. The summed E-state index contributed by atoms with van der Waals surface area (Å²) in [7, 11) is 0. The van der Waals surface area contributed by atoms with Gasteiger partial charge in [-0.25, -0.2) is 4.98 Å². The van der Waals surface area contributed by atoms with E-state index in [0.29, 0.717) is 44.0 Å². The summed E-state index contributed by atoms with van der Waals surface area (Å²) in [5, 5.41) is 3.19. The summed E-state index contributed by atoms with van der Waals surface area (Å²) < 4.78 is 42.1. The molecule has 4 aromatic rings. The van der Waals surface area contributed by atoms with Crippen LogP contribution in [0.4, 0.5) is 18.9 Å². The average Bonchev–Trinajstić information content (AvgIpc) is 3.22. The summed E-state index contributed by atoms with van der Waals surface area (Å²) in [5.41, 5.74) is 2.05. The van der Waals surface area contributed by atoms with E-state index in [1.54, 1.807) is 0 Å². The van der Waals surface area contributed by atoms with Crippen LogP contribution in [-0.2, 0) is 24.1 Å². The molecule has 9 heteroatoms. The number of rotatable bonds is 6. The number of nitrogens with one attached hydrogen (secondary N) is 1. The number of hydrogen-bond acceptors (Lipinski definition) is 3. The highest BCUT2D eigenvalue weighted by molar-refractivity contribution is 6.30. The topological polar surface area (TPSA) is 50.2 Å². The monoisotopic (exact) mass is 526 g/mol. The van der Waals surface area contributed by atoms with E-state index in [1.807, 2.05) is 42.5 Å². The van der Waals surface area contributed by atoms with Gasteiger partial charge in [0.25, 0.3) is 0 Å². The number of nitrogens with zero attached hydrogens (tertiary/aromatic N) is 3. The number of anilines is 1. The molecule has 0 spiro atoms. The molecule has 1 aromatic heterocycles. The van der Waals surface area contributed by atoms with Crippen molar-refractivity contribution in [1.29, 1.82) is 0 Å². The highest BCUT2D eigenvalue weighted by Gasteiger charge is 2.34. The van der Waals surface area contributed by atoms with Gasteiger partial charge in [-0.2, -0.15) is 13.2 Å². The van der Waals surface area contributed by atoms with Crippen molar-refractivity contribution in [2.75, 3.05) is 18.4 Å². The van der Waals surface area contributed by atoms with Crippen LogP contribution in [-0.4, -0.2) is 33.4 Å². The zero-order valence-corrected chi connectivity index (χ0v) is 20.8. The Hall–Kier alpha value is -3.36. The van der Waals surface area contributed by atoms with E-state index in [-0.39, 0.29) is 17.5 Å². The highest BCUT2D eigenvalue weighted by atomic mass is 35.5. The van der Waals surface area contributed by atoms with Crippen LogP contribution in [0.1, 0.15) is 29.8 Å². The number of para-hydroxylation sites is 3. The molecule has 1 saturated heterocycles. The van der Waals surface area contributed by atoms with E-state index in [4.69, 9.17) is 16.6 Å². The zero-order chi connectivity index (χ0) is 26.0. The van der Waals surface area contributed by atoms with Crippen LogP contribution in [0.3, 0.4) is 0 Å². The molecule has 37 heavy (non-hydrogen) atoms. The SMILES string of the molecule is O=C(Nc1ccccc1C(F)(F)F)C1CCN(Cc2nc3ccccc3n2Cc2ccc(Cl)cc2)CC1. The van der Waals surface area contributed by atoms with Gasteiger partial charge in [0.05, 0.1) is 28.8 Å². The minimum absolute atomic E-state index is 0.196. The summed E-state index contributed by atoms with van der Waals surface area (Å²) in [5.74, 6) is 0.218. The lowest BCUT2D eigenvalue weighted by Gasteiger charge is -2.31. The van der Waals surface area contributed by atoms with Crippen LogP contribution in [0.25, 0.3) is 11.0 Å². The normalized spacial score (nSPS) is 15.2. The van der Waals surface area contributed by atoms with Crippen molar-refractivity contribution in [3.63, 3.8) is 0 Å². The molecule has 0 bridgehead atoms.